The zero-order chi connectivity index (χ0) is 33.5. The second-order valence-corrected chi connectivity index (χ2v) is 15.3. The second-order valence-electron chi connectivity index (χ2n) is 13.2. The van der Waals surface area contributed by atoms with E-state index in [0.29, 0.717) is 0 Å². The van der Waals surface area contributed by atoms with Gasteiger partial charge in [-0.15, -0.1) is 22.7 Å². The molecule has 0 saturated heterocycles. The van der Waals surface area contributed by atoms with Gasteiger partial charge in [0.2, 0.25) is 0 Å². The molecule has 10 aromatic rings. The van der Waals surface area contributed by atoms with Crippen LogP contribution in [0.1, 0.15) is 29.0 Å². The number of amidine groups is 1. The predicted octanol–water partition coefficient (Wildman–Crippen LogP) is 12.3. The molecule has 0 fully saturated rings. The number of aliphatic imine (C=N–C) groups is 1. The summed E-state index contributed by atoms with van der Waals surface area (Å²) in [5, 5.41) is 15.0. The largest absolute Gasteiger partial charge is 0.455 e. The molecule has 3 aromatic heterocycles. The van der Waals surface area contributed by atoms with Crippen molar-refractivity contribution in [3.8, 4) is 11.1 Å². The molecule has 1 aliphatic heterocycles. The number of rotatable bonds is 4. The van der Waals surface area contributed by atoms with Crippen LogP contribution in [0, 0.1) is 0 Å². The van der Waals surface area contributed by atoms with E-state index in [1.807, 2.05) is 34.8 Å². The molecule has 242 valence electrons. The van der Waals surface area contributed by atoms with E-state index in [0.717, 1.165) is 50.0 Å². The Balaban J connectivity index is 1.00. The van der Waals surface area contributed by atoms with E-state index in [2.05, 4.69) is 150 Å². The molecular formula is C45H29N3OS2. The van der Waals surface area contributed by atoms with Crippen LogP contribution in [0.5, 0.6) is 0 Å². The highest BCUT2D eigenvalue weighted by Crippen LogP contribution is 2.41. The number of benzene rings is 7. The normalized spacial score (nSPS) is 16.4. The lowest BCUT2D eigenvalue weighted by Crippen LogP contribution is -2.45. The molecule has 0 saturated carbocycles. The highest BCUT2D eigenvalue weighted by atomic mass is 32.1. The average Bonchev–Trinajstić information content (AvgIpc) is 3.88. The highest BCUT2D eigenvalue weighted by molar-refractivity contribution is 7.26. The number of hydrogen-bond acceptors (Lipinski definition) is 6. The molecular weight excluding hydrogens is 663 g/mol. The Kier molecular flexibility index (Phi) is 6.46. The van der Waals surface area contributed by atoms with E-state index >= 15 is 0 Å². The number of fused-ring (bicyclic) bond motifs is 9. The Bertz CT molecular complexity index is 3010. The fraction of sp³-hybridized carbons (Fsp3) is 0.0444. The van der Waals surface area contributed by atoms with E-state index in [4.69, 9.17) is 9.41 Å². The van der Waals surface area contributed by atoms with Crippen molar-refractivity contribution < 1.29 is 4.42 Å². The zero-order valence-corrected chi connectivity index (χ0v) is 28.9. The first-order valence-corrected chi connectivity index (χ1v) is 18.8. The Morgan fingerprint density at radius 3 is 2.18 bits per heavy atom. The average molecular weight is 692 g/mol. The first-order chi connectivity index (χ1) is 25.2. The standard InChI is InChI=1S/C45H29N3OS2/c1-2-10-26(11-3-1)43-46-44(48-45(47-43)35-17-9-16-34-31-13-5-7-19-38(31)51-42(34)35)28-21-23-39-36(24-28)32-22-20-27(25-40(32)50-39)29-14-8-15-33-30-12-4-6-18-37(30)49-41(29)33/h1-25,43-44,46H,(H,47,48). The lowest BCUT2D eigenvalue weighted by Gasteiger charge is -2.32. The molecule has 2 atom stereocenters. The number of nitrogens with one attached hydrogen (secondary N) is 2. The van der Waals surface area contributed by atoms with Crippen LogP contribution in [-0.2, 0) is 0 Å². The summed E-state index contributed by atoms with van der Waals surface area (Å²) in [4.78, 5) is 5.29. The van der Waals surface area contributed by atoms with E-state index in [1.165, 1.54) is 45.9 Å². The first kappa shape index (κ1) is 29.0. The smallest absolute Gasteiger partial charge is 0.143 e. The minimum atomic E-state index is -0.199. The number of thiophene rings is 2. The minimum absolute atomic E-state index is 0.142. The van der Waals surface area contributed by atoms with Gasteiger partial charge in [-0.25, -0.2) is 4.99 Å². The molecule has 4 nitrogen and oxygen atoms in total. The summed E-state index contributed by atoms with van der Waals surface area (Å²) in [6.45, 7) is 0. The van der Waals surface area contributed by atoms with Crippen LogP contribution in [0.2, 0.25) is 0 Å². The Morgan fingerprint density at radius 1 is 0.510 bits per heavy atom. The molecule has 0 radical (unpaired) electrons. The number of para-hydroxylation sites is 2. The molecule has 4 heterocycles. The number of hydrogen-bond donors (Lipinski definition) is 2. The Labute approximate surface area is 301 Å². The zero-order valence-electron chi connectivity index (χ0n) is 27.3. The minimum Gasteiger partial charge on any atom is -0.455 e. The molecule has 0 spiro atoms. The van der Waals surface area contributed by atoms with Crippen LogP contribution in [-0.4, -0.2) is 5.84 Å². The molecule has 6 heteroatoms. The summed E-state index contributed by atoms with van der Waals surface area (Å²) in [5.74, 6) is 0.907. The third-order valence-electron chi connectivity index (χ3n) is 10.2. The molecule has 2 N–H and O–H groups in total. The summed E-state index contributed by atoms with van der Waals surface area (Å²) in [5.41, 5.74) is 7.59. The molecule has 51 heavy (non-hydrogen) atoms. The summed E-state index contributed by atoms with van der Waals surface area (Å²) in [6, 6.07) is 54.2. The maximum Gasteiger partial charge on any atom is 0.143 e. The Hall–Kier alpha value is -5.79. The maximum absolute atomic E-state index is 6.39. The van der Waals surface area contributed by atoms with Crippen LogP contribution in [0.3, 0.4) is 0 Å². The molecule has 11 rings (SSSR count). The second kappa shape index (κ2) is 11.4. The highest BCUT2D eigenvalue weighted by Gasteiger charge is 2.27. The van der Waals surface area contributed by atoms with Crippen LogP contribution in [0.25, 0.3) is 73.4 Å². The van der Waals surface area contributed by atoms with Crippen LogP contribution in [0.15, 0.2) is 161 Å². The summed E-state index contributed by atoms with van der Waals surface area (Å²) >= 11 is 3.68. The molecule has 0 amide bonds. The van der Waals surface area contributed by atoms with Gasteiger partial charge in [-0.1, -0.05) is 115 Å². The van der Waals surface area contributed by atoms with Crippen molar-refractivity contribution in [2.24, 2.45) is 4.99 Å². The van der Waals surface area contributed by atoms with Gasteiger partial charge in [0.15, 0.2) is 0 Å². The maximum atomic E-state index is 6.39. The van der Waals surface area contributed by atoms with Crippen LogP contribution >= 0.6 is 22.7 Å². The van der Waals surface area contributed by atoms with Gasteiger partial charge in [-0.2, -0.15) is 0 Å². The lowest BCUT2D eigenvalue weighted by atomic mass is 10.00. The quantitative estimate of drug-likeness (QED) is 0.193. The fourth-order valence-electron chi connectivity index (χ4n) is 7.72. The lowest BCUT2D eigenvalue weighted by molar-refractivity contribution is 0.409. The third-order valence-corrected chi connectivity index (χ3v) is 12.5. The third kappa shape index (κ3) is 4.65. The molecule has 2 unspecified atom stereocenters. The van der Waals surface area contributed by atoms with Crippen molar-refractivity contribution >= 4 is 90.8 Å². The summed E-state index contributed by atoms with van der Waals surface area (Å²) < 4.78 is 11.5. The SMILES string of the molecule is c1ccc(C2N=C(c3cccc4c3sc3ccccc34)NC(c3ccc4sc5cc(-c6cccc7c6oc6ccccc67)ccc5c4c3)N2)cc1. The van der Waals surface area contributed by atoms with Gasteiger partial charge < -0.3 is 9.73 Å². The van der Waals surface area contributed by atoms with Crippen LogP contribution in [0.4, 0.5) is 0 Å². The summed E-state index contributed by atoms with van der Waals surface area (Å²) in [6.07, 6.45) is -0.341. The van der Waals surface area contributed by atoms with E-state index in [-0.39, 0.29) is 12.3 Å². The van der Waals surface area contributed by atoms with Crippen molar-refractivity contribution in [3.63, 3.8) is 0 Å². The van der Waals surface area contributed by atoms with Crippen molar-refractivity contribution in [3.05, 3.63) is 168 Å². The van der Waals surface area contributed by atoms with E-state index in [1.54, 1.807) is 0 Å². The van der Waals surface area contributed by atoms with Crippen LogP contribution < -0.4 is 10.6 Å². The molecule has 0 bridgehead atoms. The molecule has 1 aliphatic rings. The molecule has 0 aliphatic carbocycles. The van der Waals surface area contributed by atoms with Gasteiger partial charge >= 0.3 is 0 Å². The Morgan fingerprint density at radius 2 is 1.25 bits per heavy atom. The number of furan rings is 1. The number of nitrogens with zero attached hydrogens (tertiary/aromatic N) is 1. The van der Waals surface area contributed by atoms with E-state index in [9.17, 15) is 0 Å². The van der Waals surface area contributed by atoms with Gasteiger partial charge in [-0.05, 0) is 53.1 Å². The molecule has 7 aromatic carbocycles. The van der Waals surface area contributed by atoms with Gasteiger partial charge in [0.1, 0.15) is 29.3 Å². The van der Waals surface area contributed by atoms with Crippen molar-refractivity contribution in [1.82, 2.24) is 10.6 Å². The first-order valence-electron chi connectivity index (χ1n) is 17.2. The predicted molar refractivity (Wildman–Crippen MR) is 216 cm³/mol. The topological polar surface area (TPSA) is 49.6 Å². The van der Waals surface area contributed by atoms with Gasteiger partial charge in [0.05, 0.1) is 0 Å². The van der Waals surface area contributed by atoms with Gasteiger partial charge in [0.25, 0.3) is 0 Å². The van der Waals surface area contributed by atoms with Crippen molar-refractivity contribution in [2.45, 2.75) is 12.3 Å². The van der Waals surface area contributed by atoms with Crippen molar-refractivity contribution in [1.29, 1.82) is 0 Å². The van der Waals surface area contributed by atoms with E-state index < -0.39 is 0 Å². The monoisotopic (exact) mass is 691 g/mol. The van der Waals surface area contributed by atoms with Gasteiger partial charge in [0, 0.05) is 62.2 Å². The fourth-order valence-corrected chi connectivity index (χ4v) is 10.1. The summed E-state index contributed by atoms with van der Waals surface area (Å²) in [7, 11) is 0. The van der Waals surface area contributed by atoms with Gasteiger partial charge in [-0.3, -0.25) is 5.32 Å². The van der Waals surface area contributed by atoms with Crippen molar-refractivity contribution in [2.75, 3.05) is 0 Å².